The van der Waals surface area contributed by atoms with Crippen LogP contribution in [0.3, 0.4) is 0 Å². The first-order valence-corrected chi connectivity index (χ1v) is 21.1. The highest BCUT2D eigenvalue weighted by molar-refractivity contribution is 6.43. The number of fused-ring (bicyclic) bond motifs is 2. The van der Waals surface area contributed by atoms with Crippen LogP contribution in [0.4, 0.5) is 5.69 Å². The summed E-state index contributed by atoms with van der Waals surface area (Å²) in [6, 6.07) is 21.1. The van der Waals surface area contributed by atoms with E-state index in [1.165, 1.54) is 81.2 Å². The van der Waals surface area contributed by atoms with Crippen molar-refractivity contribution in [2.24, 2.45) is 0 Å². The van der Waals surface area contributed by atoms with E-state index in [9.17, 15) is 24.3 Å². The summed E-state index contributed by atoms with van der Waals surface area (Å²) in [7, 11) is 0. The molecule has 0 atom stereocenters. The van der Waals surface area contributed by atoms with Crippen LogP contribution >= 0.6 is 0 Å². The van der Waals surface area contributed by atoms with Gasteiger partial charge in [0.2, 0.25) is 0 Å². The van der Waals surface area contributed by atoms with Crippen LogP contribution in [0.25, 0.3) is 43.1 Å². The molecule has 0 unspecified atom stereocenters. The molecule has 7 nitrogen and oxygen atoms in total. The van der Waals surface area contributed by atoms with E-state index in [4.69, 9.17) is 0 Å². The number of rotatable bonds is 18. The Morgan fingerprint density at radius 3 is 1.18 bits per heavy atom. The van der Waals surface area contributed by atoms with Crippen LogP contribution in [-0.4, -0.2) is 39.7 Å². The van der Waals surface area contributed by atoms with Crippen molar-refractivity contribution in [1.29, 1.82) is 0 Å². The molecule has 0 radical (unpaired) electrons. The molecule has 0 fully saturated rings. The molecule has 2 aliphatic heterocycles. The third kappa shape index (κ3) is 6.49. The molecule has 0 bridgehead atoms. The second-order valence-electron chi connectivity index (χ2n) is 16.1. The molecule has 6 aromatic carbocycles. The summed E-state index contributed by atoms with van der Waals surface area (Å²) < 4.78 is 0. The second kappa shape index (κ2) is 16.0. The van der Waals surface area contributed by atoms with Gasteiger partial charge in [-0.15, -0.1) is 0 Å². The lowest BCUT2D eigenvalue weighted by Gasteiger charge is -2.35. The summed E-state index contributed by atoms with van der Waals surface area (Å²) in [5.41, 5.74) is 2.37. The van der Waals surface area contributed by atoms with Crippen molar-refractivity contribution >= 4 is 72.4 Å². The number of phenols is 1. The minimum Gasteiger partial charge on any atom is -0.508 e. The summed E-state index contributed by atoms with van der Waals surface area (Å²) in [6.07, 6.45) is 18.3. The van der Waals surface area contributed by atoms with Gasteiger partial charge in [0.25, 0.3) is 23.6 Å². The van der Waals surface area contributed by atoms with E-state index in [1.54, 1.807) is 29.2 Å². The van der Waals surface area contributed by atoms with Crippen molar-refractivity contribution in [3.8, 4) is 5.75 Å². The van der Waals surface area contributed by atoms with Crippen LogP contribution in [0.1, 0.15) is 158 Å². The molecule has 2 aliphatic rings. The van der Waals surface area contributed by atoms with E-state index in [0.29, 0.717) is 38.7 Å². The first-order chi connectivity index (χ1) is 27.3. The predicted octanol–water partition coefficient (Wildman–Crippen LogP) is 12.5. The van der Waals surface area contributed by atoms with Crippen molar-refractivity contribution in [1.82, 2.24) is 4.90 Å². The second-order valence-corrected chi connectivity index (χ2v) is 16.1. The Bertz CT molecular complexity index is 2330. The van der Waals surface area contributed by atoms with Crippen molar-refractivity contribution in [2.45, 2.75) is 123 Å². The van der Waals surface area contributed by atoms with Gasteiger partial charge >= 0.3 is 0 Å². The highest BCUT2D eigenvalue weighted by Gasteiger charge is 2.39. The van der Waals surface area contributed by atoms with Crippen LogP contribution in [0.15, 0.2) is 72.8 Å². The molecule has 0 aliphatic carbocycles. The predicted molar refractivity (Wildman–Crippen MR) is 226 cm³/mol. The third-order valence-electron chi connectivity index (χ3n) is 12.4. The van der Waals surface area contributed by atoms with Gasteiger partial charge in [0.05, 0.1) is 5.69 Å². The van der Waals surface area contributed by atoms with Gasteiger partial charge in [0, 0.05) is 39.1 Å². The highest BCUT2D eigenvalue weighted by atomic mass is 16.3. The number of amides is 4. The zero-order valence-corrected chi connectivity index (χ0v) is 32.8. The number of unbranched alkanes of at least 4 members (excludes halogenated alkanes) is 12. The average molecular weight is 749 g/mol. The fourth-order valence-electron chi connectivity index (χ4n) is 9.53. The van der Waals surface area contributed by atoms with Gasteiger partial charge in [-0.05, 0) is 93.7 Å². The fraction of sp³-hybridized carbons (Fsp3) is 0.388. The highest BCUT2D eigenvalue weighted by Crippen LogP contribution is 2.47. The normalized spacial score (nSPS) is 14.3. The Hall–Kier alpha value is -5.30. The average Bonchev–Trinajstić information content (AvgIpc) is 3.21. The van der Waals surface area contributed by atoms with Crippen LogP contribution in [0, 0.1) is 0 Å². The standard InChI is InChI=1S/C49H52N2O5/c1-3-5-7-9-11-13-15-17-31(18-16-14-12-10-8-6-4-2)50-46(53)38-27-23-34-36-25-29-40-45-41(49(56)51(48(40)55)32-19-21-33(52)22-20-32)30-26-37(43(36)45)35-24-28-39(47(50)54)44(38)42(34)35/h19-31,52H,3-18H2,1-2H3. The van der Waals surface area contributed by atoms with Gasteiger partial charge in [0.1, 0.15) is 5.75 Å². The molecule has 8 rings (SSSR count). The van der Waals surface area contributed by atoms with E-state index in [-0.39, 0.29) is 23.6 Å². The smallest absolute Gasteiger partial charge is 0.265 e. The molecule has 7 heteroatoms. The van der Waals surface area contributed by atoms with E-state index in [2.05, 4.69) is 13.8 Å². The Morgan fingerprint density at radius 1 is 0.429 bits per heavy atom. The van der Waals surface area contributed by atoms with Crippen LogP contribution in [-0.2, 0) is 0 Å². The lowest BCUT2D eigenvalue weighted by molar-refractivity contribution is 0.0516. The van der Waals surface area contributed by atoms with Gasteiger partial charge in [0.15, 0.2) is 0 Å². The van der Waals surface area contributed by atoms with Crippen LogP contribution in [0.2, 0.25) is 0 Å². The zero-order chi connectivity index (χ0) is 38.9. The Kier molecular flexibility index (Phi) is 10.8. The van der Waals surface area contributed by atoms with Crippen molar-refractivity contribution < 1.29 is 24.3 Å². The number of hydrogen-bond donors (Lipinski definition) is 1. The van der Waals surface area contributed by atoms with Gasteiger partial charge in [-0.2, -0.15) is 0 Å². The summed E-state index contributed by atoms with van der Waals surface area (Å²) >= 11 is 0. The molecule has 0 spiro atoms. The zero-order valence-electron chi connectivity index (χ0n) is 32.8. The molecular formula is C49H52N2O5. The molecule has 0 aromatic heterocycles. The summed E-state index contributed by atoms with van der Waals surface area (Å²) in [5.74, 6) is -1.21. The number of carbonyl (C=O) groups is 4. The first kappa shape index (κ1) is 37.6. The summed E-state index contributed by atoms with van der Waals surface area (Å²) in [5, 5.41) is 16.3. The molecule has 0 saturated heterocycles. The van der Waals surface area contributed by atoms with Crippen molar-refractivity contribution in [2.75, 3.05) is 4.90 Å². The molecule has 56 heavy (non-hydrogen) atoms. The van der Waals surface area contributed by atoms with Crippen molar-refractivity contribution in [3.63, 3.8) is 0 Å². The molecule has 6 aromatic rings. The number of anilines is 1. The lowest BCUT2D eigenvalue weighted by Crippen LogP contribution is -2.47. The molecular weight excluding hydrogens is 697 g/mol. The monoisotopic (exact) mass is 748 g/mol. The number of phenolic OH excluding ortho intramolecular Hbond substituents is 1. The van der Waals surface area contributed by atoms with E-state index in [0.717, 1.165) is 70.8 Å². The van der Waals surface area contributed by atoms with Gasteiger partial charge in [-0.1, -0.05) is 128 Å². The molecule has 0 saturated carbocycles. The third-order valence-corrected chi connectivity index (χ3v) is 12.4. The maximum Gasteiger partial charge on any atom is 0.265 e. The first-order valence-electron chi connectivity index (χ1n) is 21.1. The van der Waals surface area contributed by atoms with E-state index in [1.807, 2.05) is 36.4 Å². The SMILES string of the molecule is CCCCCCCCCC(CCCCCCCCC)N1C(=O)c2ccc3c4ccc5c6c(ccc(c7ccc(c2c37)C1=O)c64)C(=O)N(c1ccc(O)cc1)C5=O. The van der Waals surface area contributed by atoms with Gasteiger partial charge in [-0.3, -0.25) is 24.1 Å². The minimum absolute atomic E-state index is 0.0475. The van der Waals surface area contributed by atoms with E-state index < -0.39 is 11.8 Å². The minimum atomic E-state index is -0.424. The number of aromatic hydroxyl groups is 1. The van der Waals surface area contributed by atoms with E-state index >= 15 is 0 Å². The van der Waals surface area contributed by atoms with Crippen molar-refractivity contribution in [3.05, 3.63) is 95.1 Å². The molecule has 4 amide bonds. The molecule has 288 valence electrons. The number of nitrogens with zero attached hydrogens (tertiary/aromatic N) is 2. The largest absolute Gasteiger partial charge is 0.508 e. The Balaban J connectivity index is 1.15. The maximum atomic E-state index is 14.6. The number of carbonyl (C=O) groups excluding carboxylic acids is 4. The summed E-state index contributed by atoms with van der Waals surface area (Å²) in [6.45, 7) is 4.47. The fourth-order valence-corrected chi connectivity index (χ4v) is 9.53. The summed E-state index contributed by atoms with van der Waals surface area (Å²) in [4.78, 5) is 60.0. The quantitative estimate of drug-likeness (QED) is 0.0409. The Morgan fingerprint density at radius 2 is 0.786 bits per heavy atom. The molecule has 1 N–H and O–H groups in total. The lowest BCUT2D eigenvalue weighted by atomic mass is 9.82. The maximum absolute atomic E-state index is 14.6. The number of benzene rings is 6. The molecule has 2 heterocycles. The number of imide groups is 2. The topological polar surface area (TPSA) is 95.0 Å². The van der Waals surface area contributed by atoms with Gasteiger partial charge in [-0.25, -0.2) is 4.90 Å². The van der Waals surface area contributed by atoms with Gasteiger partial charge < -0.3 is 5.11 Å². The van der Waals surface area contributed by atoms with Crippen LogP contribution in [0.5, 0.6) is 5.75 Å². The Labute approximate surface area is 329 Å². The van der Waals surface area contributed by atoms with Crippen LogP contribution < -0.4 is 4.90 Å². The number of hydrogen-bond acceptors (Lipinski definition) is 5.